The van der Waals surface area contributed by atoms with Crippen LogP contribution in [-0.2, 0) is 9.59 Å². The summed E-state index contributed by atoms with van der Waals surface area (Å²) in [7, 11) is 1.70. The van der Waals surface area contributed by atoms with Gasteiger partial charge in [-0.3, -0.25) is 14.5 Å². The zero-order chi connectivity index (χ0) is 21.6. The van der Waals surface area contributed by atoms with Crippen LogP contribution in [-0.4, -0.2) is 36.9 Å². The zero-order valence-corrected chi connectivity index (χ0v) is 18.6. The molecule has 2 aromatic rings. The molecule has 0 aliphatic heterocycles. The SMILES string of the molecule is CC(C)c1ccc([C@@H](C)NC(=O)CN(C)CC(=O)Nc2c(Cl)cccc2Cl)cc1. The lowest BCUT2D eigenvalue weighted by Crippen LogP contribution is -2.39. The van der Waals surface area contributed by atoms with Crippen molar-refractivity contribution in [1.29, 1.82) is 0 Å². The topological polar surface area (TPSA) is 61.4 Å². The standard InChI is InChI=1S/C22H27Cl2N3O2/c1-14(2)16-8-10-17(11-9-16)15(3)25-20(28)12-27(4)13-21(29)26-22-18(23)6-5-7-19(22)24/h5-11,14-15H,12-13H2,1-4H3,(H,25,28)(H,26,29)/t15-/m1/s1. The molecular formula is C22H27Cl2N3O2. The van der Waals surface area contributed by atoms with Crippen LogP contribution in [0, 0.1) is 0 Å². The first kappa shape index (κ1) is 23.2. The summed E-state index contributed by atoms with van der Waals surface area (Å²) in [6.07, 6.45) is 0. The first-order valence-corrected chi connectivity index (χ1v) is 10.2. The largest absolute Gasteiger partial charge is 0.348 e. The van der Waals surface area contributed by atoms with E-state index in [-0.39, 0.29) is 30.9 Å². The van der Waals surface area contributed by atoms with E-state index in [1.165, 1.54) is 5.56 Å². The average molecular weight is 436 g/mol. The van der Waals surface area contributed by atoms with Crippen molar-refractivity contribution in [2.45, 2.75) is 32.7 Å². The van der Waals surface area contributed by atoms with E-state index in [4.69, 9.17) is 23.2 Å². The van der Waals surface area contributed by atoms with Gasteiger partial charge in [0.25, 0.3) is 0 Å². The number of benzene rings is 2. The quantitative estimate of drug-likeness (QED) is 0.621. The molecule has 2 aromatic carbocycles. The number of anilines is 1. The summed E-state index contributed by atoms with van der Waals surface area (Å²) < 4.78 is 0. The van der Waals surface area contributed by atoms with Gasteiger partial charge in [0.15, 0.2) is 0 Å². The maximum atomic E-state index is 12.3. The van der Waals surface area contributed by atoms with Crippen molar-refractivity contribution in [3.05, 3.63) is 63.6 Å². The minimum Gasteiger partial charge on any atom is -0.348 e. The Labute approximate surface area is 182 Å². The number of hydrogen-bond donors (Lipinski definition) is 2. The van der Waals surface area contributed by atoms with Crippen LogP contribution in [0.25, 0.3) is 0 Å². The van der Waals surface area contributed by atoms with Crippen molar-refractivity contribution in [2.75, 3.05) is 25.5 Å². The third-order valence-corrected chi connectivity index (χ3v) is 5.16. The molecule has 156 valence electrons. The second-order valence-electron chi connectivity index (χ2n) is 7.43. The number of carbonyl (C=O) groups is 2. The molecule has 1 atom stereocenters. The first-order valence-electron chi connectivity index (χ1n) is 9.49. The van der Waals surface area contributed by atoms with E-state index in [1.54, 1.807) is 30.1 Å². The van der Waals surface area contributed by atoms with E-state index in [2.05, 4.69) is 36.6 Å². The number of likely N-dealkylation sites (N-methyl/N-ethyl adjacent to an activating group) is 1. The van der Waals surface area contributed by atoms with Gasteiger partial charge < -0.3 is 10.6 Å². The van der Waals surface area contributed by atoms with Gasteiger partial charge in [-0.2, -0.15) is 0 Å². The Morgan fingerprint density at radius 1 is 0.897 bits per heavy atom. The van der Waals surface area contributed by atoms with E-state index in [1.807, 2.05) is 19.1 Å². The third kappa shape index (κ3) is 7.03. The summed E-state index contributed by atoms with van der Waals surface area (Å²) in [6.45, 7) is 6.36. The number of rotatable bonds is 8. The summed E-state index contributed by atoms with van der Waals surface area (Å²) in [4.78, 5) is 26.2. The minimum absolute atomic E-state index is 0.0342. The molecule has 0 fully saturated rings. The van der Waals surface area contributed by atoms with Gasteiger partial charge in [0.2, 0.25) is 11.8 Å². The average Bonchev–Trinajstić information content (AvgIpc) is 2.64. The summed E-state index contributed by atoms with van der Waals surface area (Å²) in [6, 6.07) is 13.1. The number of para-hydroxylation sites is 1. The number of halogens is 2. The van der Waals surface area contributed by atoms with E-state index >= 15 is 0 Å². The van der Waals surface area contributed by atoms with Crippen LogP contribution in [0.5, 0.6) is 0 Å². The highest BCUT2D eigenvalue weighted by molar-refractivity contribution is 6.39. The molecule has 0 aliphatic carbocycles. The fraction of sp³-hybridized carbons (Fsp3) is 0.364. The lowest BCUT2D eigenvalue weighted by Gasteiger charge is -2.19. The molecule has 2 N–H and O–H groups in total. The molecule has 29 heavy (non-hydrogen) atoms. The summed E-state index contributed by atoms with van der Waals surface area (Å²) in [5.74, 6) is 0.0125. The van der Waals surface area contributed by atoms with Gasteiger partial charge >= 0.3 is 0 Å². The van der Waals surface area contributed by atoms with Crippen LogP contribution >= 0.6 is 23.2 Å². The fourth-order valence-electron chi connectivity index (χ4n) is 2.88. The van der Waals surface area contributed by atoms with Crippen molar-refractivity contribution in [2.24, 2.45) is 0 Å². The van der Waals surface area contributed by atoms with Crippen LogP contribution in [0.3, 0.4) is 0 Å². The Bertz CT molecular complexity index is 833. The Kier molecular flexibility index (Phi) is 8.50. The van der Waals surface area contributed by atoms with Crippen LogP contribution < -0.4 is 10.6 Å². The second kappa shape index (κ2) is 10.6. The van der Waals surface area contributed by atoms with Crippen molar-refractivity contribution in [3.63, 3.8) is 0 Å². The van der Waals surface area contributed by atoms with Gasteiger partial charge in [0, 0.05) is 0 Å². The molecule has 5 nitrogen and oxygen atoms in total. The molecule has 0 aromatic heterocycles. The number of nitrogens with one attached hydrogen (secondary N) is 2. The lowest BCUT2D eigenvalue weighted by molar-refractivity contribution is -0.123. The number of nitrogens with zero attached hydrogens (tertiary/aromatic N) is 1. The number of hydrogen-bond acceptors (Lipinski definition) is 3. The minimum atomic E-state index is -0.298. The maximum Gasteiger partial charge on any atom is 0.238 e. The lowest BCUT2D eigenvalue weighted by atomic mass is 9.99. The molecule has 7 heteroatoms. The molecule has 0 heterocycles. The Morgan fingerprint density at radius 3 is 1.97 bits per heavy atom. The van der Waals surface area contributed by atoms with Crippen molar-refractivity contribution < 1.29 is 9.59 Å². The summed E-state index contributed by atoms with van der Waals surface area (Å²) >= 11 is 12.1. The van der Waals surface area contributed by atoms with Crippen LogP contribution in [0.2, 0.25) is 10.0 Å². The van der Waals surface area contributed by atoms with Gasteiger partial charge in [-0.1, -0.05) is 67.4 Å². The van der Waals surface area contributed by atoms with Gasteiger partial charge in [-0.05, 0) is 43.1 Å². The van der Waals surface area contributed by atoms with E-state index < -0.39 is 0 Å². The van der Waals surface area contributed by atoms with E-state index in [0.717, 1.165) is 5.56 Å². The highest BCUT2D eigenvalue weighted by Crippen LogP contribution is 2.29. The van der Waals surface area contributed by atoms with Gasteiger partial charge in [0.05, 0.1) is 34.9 Å². The fourth-order valence-corrected chi connectivity index (χ4v) is 3.37. The molecule has 0 unspecified atom stereocenters. The second-order valence-corrected chi connectivity index (χ2v) is 8.24. The number of carbonyl (C=O) groups excluding carboxylic acids is 2. The summed E-state index contributed by atoms with van der Waals surface area (Å²) in [5, 5.41) is 6.38. The molecule has 2 rings (SSSR count). The van der Waals surface area contributed by atoms with Crippen molar-refractivity contribution in [3.8, 4) is 0 Å². The van der Waals surface area contributed by atoms with E-state index in [0.29, 0.717) is 21.7 Å². The predicted molar refractivity (Wildman–Crippen MR) is 120 cm³/mol. The molecular weight excluding hydrogens is 409 g/mol. The molecule has 0 spiro atoms. The van der Waals surface area contributed by atoms with E-state index in [9.17, 15) is 9.59 Å². The van der Waals surface area contributed by atoms with Crippen LogP contribution in [0.1, 0.15) is 43.9 Å². The Balaban J connectivity index is 1.84. The molecule has 0 aliphatic rings. The van der Waals surface area contributed by atoms with Crippen molar-refractivity contribution in [1.82, 2.24) is 10.2 Å². The molecule has 0 bridgehead atoms. The molecule has 0 radical (unpaired) electrons. The summed E-state index contributed by atoms with van der Waals surface area (Å²) in [5.41, 5.74) is 2.67. The highest BCUT2D eigenvalue weighted by atomic mass is 35.5. The Hall–Kier alpha value is -2.08. The van der Waals surface area contributed by atoms with Crippen molar-refractivity contribution >= 4 is 40.7 Å². The monoisotopic (exact) mass is 435 g/mol. The normalized spacial score (nSPS) is 12.1. The van der Waals surface area contributed by atoms with Crippen LogP contribution in [0.15, 0.2) is 42.5 Å². The Morgan fingerprint density at radius 2 is 1.41 bits per heavy atom. The van der Waals surface area contributed by atoms with Crippen LogP contribution in [0.4, 0.5) is 5.69 Å². The zero-order valence-electron chi connectivity index (χ0n) is 17.1. The number of amides is 2. The van der Waals surface area contributed by atoms with Gasteiger partial charge in [-0.15, -0.1) is 0 Å². The van der Waals surface area contributed by atoms with Gasteiger partial charge in [-0.25, -0.2) is 0 Å². The smallest absolute Gasteiger partial charge is 0.238 e. The highest BCUT2D eigenvalue weighted by Gasteiger charge is 2.15. The molecule has 2 amide bonds. The third-order valence-electron chi connectivity index (χ3n) is 4.53. The predicted octanol–water partition coefficient (Wildman–Crippen LogP) is 4.86. The molecule has 0 saturated carbocycles. The maximum absolute atomic E-state index is 12.3. The molecule has 0 saturated heterocycles. The first-order chi connectivity index (χ1) is 13.7. The van der Waals surface area contributed by atoms with Gasteiger partial charge in [0.1, 0.15) is 0 Å².